The van der Waals surface area contributed by atoms with Gasteiger partial charge in [0.1, 0.15) is 17.5 Å². The number of hydrogen-bond acceptors (Lipinski definition) is 3. The van der Waals surface area contributed by atoms with E-state index < -0.39 is 0 Å². The van der Waals surface area contributed by atoms with Crippen LogP contribution in [0, 0.1) is 0 Å². The molecule has 0 spiro atoms. The largest absolute Gasteiger partial charge is 0.458 e. The fourth-order valence-electron chi connectivity index (χ4n) is 1.12. The van der Waals surface area contributed by atoms with E-state index in [1.54, 1.807) is 12.1 Å². The van der Waals surface area contributed by atoms with Gasteiger partial charge in [0.2, 0.25) is 0 Å². The monoisotopic (exact) mass is 193 g/mol. The van der Waals surface area contributed by atoms with Gasteiger partial charge in [-0.1, -0.05) is 18.3 Å². The summed E-state index contributed by atoms with van der Waals surface area (Å²) in [5.41, 5.74) is 6.20. The van der Waals surface area contributed by atoms with E-state index in [-0.39, 0.29) is 0 Å². The molecule has 0 aliphatic carbocycles. The first-order chi connectivity index (χ1) is 6.29. The standard InChI is InChI=1S/C9H7NO2S/c10-9(13)6-2-1-3-7-8(6)12-5-4-11-7/h1-5H,(H2,10,13). The van der Waals surface area contributed by atoms with Crippen LogP contribution in [0.1, 0.15) is 5.56 Å². The molecule has 4 heteroatoms. The van der Waals surface area contributed by atoms with Crippen LogP contribution in [0.4, 0.5) is 0 Å². The zero-order valence-electron chi connectivity index (χ0n) is 6.69. The maximum Gasteiger partial charge on any atom is 0.179 e. The lowest BCUT2D eigenvalue weighted by Gasteiger charge is -2.14. The van der Waals surface area contributed by atoms with Gasteiger partial charge in [-0.15, -0.1) is 0 Å². The average Bonchev–Trinajstić information content (AvgIpc) is 2.17. The first-order valence-electron chi connectivity index (χ1n) is 3.70. The Morgan fingerprint density at radius 1 is 1.23 bits per heavy atom. The van der Waals surface area contributed by atoms with Crippen molar-refractivity contribution >= 4 is 17.2 Å². The second kappa shape index (κ2) is 3.06. The van der Waals surface area contributed by atoms with Crippen LogP contribution in [0.25, 0.3) is 0 Å². The quantitative estimate of drug-likeness (QED) is 0.687. The van der Waals surface area contributed by atoms with Crippen molar-refractivity contribution in [1.29, 1.82) is 0 Å². The number of para-hydroxylation sites is 1. The van der Waals surface area contributed by atoms with Gasteiger partial charge < -0.3 is 15.2 Å². The van der Waals surface area contributed by atoms with E-state index in [0.29, 0.717) is 22.1 Å². The van der Waals surface area contributed by atoms with Crippen molar-refractivity contribution in [2.24, 2.45) is 5.73 Å². The zero-order chi connectivity index (χ0) is 9.26. The molecule has 3 nitrogen and oxygen atoms in total. The van der Waals surface area contributed by atoms with Gasteiger partial charge in [0, 0.05) is 0 Å². The normalized spacial score (nSPS) is 12.6. The number of ether oxygens (including phenoxy) is 2. The van der Waals surface area contributed by atoms with E-state index in [1.165, 1.54) is 12.5 Å². The molecule has 2 N–H and O–H groups in total. The predicted octanol–water partition coefficient (Wildman–Crippen LogP) is 1.56. The molecule has 0 bridgehead atoms. The second-order valence-corrected chi connectivity index (χ2v) is 2.94. The molecule has 1 aromatic rings. The number of benzene rings is 1. The minimum atomic E-state index is 0.302. The van der Waals surface area contributed by atoms with Crippen LogP contribution in [-0.2, 0) is 0 Å². The summed E-state index contributed by atoms with van der Waals surface area (Å²) in [6.07, 6.45) is 2.91. The van der Waals surface area contributed by atoms with Crippen molar-refractivity contribution in [3.63, 3.8) is 0 Å². The van der Waals surface area contributed by atoms with E-state index in [9.17, 15) is 0 Å². The van der Waals surface area contributed by atoms with E-state index in [2.05, 4.69) is 0 Å². The molecule has 1 aliphatic heterocycles. The van der Waals surface area contributed by atoms with Crippen molar-refractivity contribution in [2.75, 3.05) is 0 Å². The third-order valence-electron chi connectivity index (χ3n) is 1.68. The molecule has 0 saturated heterocycles. The van der Waals surface area contributed by atoms with E-state index in [0.717, 1.165) is 0 Å². The van der Waals surface area contributed by atoms with Crippen LogP contribution < -0.4 is 15.2 Å². The third-order valence-corrected chi connectivity index (χ3v) is 1.90. The fraction of sp³-hybridized carbons (Fsp3) is 0. The van der Waals surface area contributed by atoms with E-state index in [1.807, 2.05) is 6.07 Å². The predicted molar refractivity (Wildman–Crippen MR) is 52.7 cm³/mol. The molecule has 0 amide bonds. The van der Waals surface area contributed by atoms with Crippen LogP contribution in [0.15, 0.2) is 30.7 Å². The number of rotatable bonds is 1. The lowest BCUT2D eigenvalue weighted by molar-refractivity contribution is 0.361. The number of thiocarbonyl (C=S) groups is 1. The molecule has 1 aliphatic rings. The van der Waals surface area contributed by atoms with Crippen molar-refractivity contribution in [3.8, 4) is 11.5 Å². The molecule has 66 valence electrons. The molecule has 2 rings (SSSR count). The molecule has 1 heterocycles. The Hall–Kier alpha value is -1.55. The van der Waals surface area contributed by atoms with Crippen molar-refractivity contribution in [1.82, 2.24) is 0 Å². The van der Waals surface area contributed by atoms with Gasteiger partial charge in [0.05, 0.1) is 5.56 Å². The minimum Gasteiger partial charge on any atom is -0.458 e. The molecule has 0 saturated carbocycles. The number of hydrogen-bond donors (Lipinski definition) is 1. The highest BCUT2D eigenvalue weighted by molar-refractivity contribution is 7.80. The van der Waals surface area contributed by atoms with Crippen LogP contribution in [-0.4, -0.2) is 4.99 Å². The second-order valence-electron chi connectivity index (χ2n) is 2.50. The van der Waals surface area contributed by atoms with Crippen LogP contribution >= 0.6 is 12.2 Å². The molecule has 0 radical (unpaired) electrons. The summed E-state index contributed by atoms with van der Waals surface area (Å²) in [4.78, 5) is 0.302. The molecule has 0 aromatic heterocycles. The summed E-state index contributed by atoms with van der Waals surface area (Å²) >= 11 is 4.87. The molecular weight excluding hydrogens is 186 g/mol. The Labute approximate surface area is 80.8 Å². The lowest BCUT2D eigenvalue weighted by atomic mass is 10.2. The zero-order valence-corrected chi connectivity index (χ0v) is 7.51. The Kier molecular flexibility index (Phi) is 1.90. The van der Waals surface area contributed by atoms with Gasteiger partial charge >= 0.3 is 0 Å². The van der Waals surface area contributed by atoms with Gasteiger partial charge in [-0.2, -0.15) is 0 Å². The van der Waals surface area contributed by atoms with Crippen LogP contribution in [0.5, 0.6) is 11.5 Å². The summed E-state index contributed by atoms with van der Waals surface area (Å²) in [6.45, 7) is 0. The maximum absolute atomic E-state index is 5.51. The molecule has 1 aromatic carbocycles. The first-order valence-corrected chi connectivity index (χ1v) is 4.11. The Morgan fingerprint density at radius 2 is 2.00 bits per heavy atom. The van der Waals surface area contributed by atoms with Gasteiger partial charge in [0.25, 0.3) is 0 Å². The summed E-state index contributed by atoms with van der Waals surface area (Å²) in [6, 6.07) is 5.40. The highest BCUT2D eigenvalue weighted by Crippen LogP contribution is 2.33. The Balaban J connectivity index is 2.55. The lowest BCUT2D eigenvalue weighted by Crippen LogP contribution is -2.12. The molecule has 0 unspecified atom stereocenters. The van der Waals surface area contributed by atoms with Crippen LogP contribution in [0.3, 0.4) is 0 Å². The van der Waals surface area contributed by atoms with Gasteiger partial charge in [-0.25, -0.2) is 0 Å². The third kappa shape index (κ3) is 1.36. The summed E-state index contributed by atoms with van der Waals surface area (Å²) in [5, 5.41) is 0. The average molecular weight is 193 g/mol. The molecule has 0 atom stereocenters. The highest BCUT2D eigenvalue weighted by atomic mass is 32.1. The molecule has 13 heavy (non-hydrogen) atoms. The first kappa shape index (κ1) is 8.07. The smallest absolute Gasteiger partial charge is 0.179 e. The topological polar surface area (TPSA) is 44.5 Å². The van der Waals surface area contributed by atoms with Crippen molar-refractivity contribution in [2.45, 2.75) is 0 Å². The van der Waals surface area contributed by atoms with Gasteiger partial charge in [-0.05, 0) is 12.1 Å². The van der Waals surface area contributed by atoms with E-state index in [4.69, 9.17) is 27.4 Å². The maximum atomic E-state index is 5.51. The SMILES string of the molecule is NC(=S)c1cccc2c1OC=CO2. The molecular formula is C9H7NO2S. The minimum absolute atomic E-state index is 0.302. The van der Waals surface area contributed by atoms with Crippen molar-refractivity contribution in [3.05, 3.63) is 36.3 Å². The fourth-order valence-corrected chi connectivity index (χ4v) is 1.28. The summed E-state index contributed by atoms with van der Waals surface area (Å²) in [5.74, 6) is 1.21. The van der Waals surface area contributed by atoms with Crippen molar-refractivity contribution < 1.29 is 9.47 Å². The number of nitrogens with two attached hydrogens (primary N) is 1. The summed E-state index contributed by atoms with van der Waals surface area (Å²) < 4.78 is 10.4. The Morgan fingerprint density at radius 3 is 2.77 bits per heavy atom. The van der Waals surface area contributed by atoms with E-state index >= 15 is 0 Å². The Bertz CT molecular complexity index is 387. The highest BCUT2D eigenvalue weighted by Gasteiger charge is 2.14. The van der Waals surface area contributed by atoms with Gasteiger partial charge in [0.15, 0.2) is 11.5 Å². The van der Waals surface area contributed by atoms with Crippen LogP contribution in [0.2, 0.25) is 0 Å². The summed E-state index contributed by atoms with van der Waals surface area (Å²) in [7, 11) is 0. The molecule has 0 fully saturated rings. The number of fused-ring (bicyclic) bond motifs is 1. The van der Waals surface area contributed by atoms with Gasteiger partial charge in [-0.3, -0.25) is 0 Å².